The van der Waals surface area contributed by atoms with Gasteiger partial charge in [0.25, 0.3) is 5.91 Å². The van der Waals surface area contributed by atoms with Crippen molar-refractivity contribution in [1.29, 1.82) is 0 Å². The number of amides is 1. The van der Waals surface area contributed by atoms with Gasteiger partial charge in [-0.1, -0.05) is 30.3 Å². The lowest BCUT2D eigenvalue weighted by Crippen LogP contribution is -2.41. The Balaban J connectivity index is 1.36. The van der Waals surface area contributed by atoms with Gasteiger partial charge in [-0.2, -0.15) is 0 Å². The highest BCUT2D eigenvalue weighted by molar-refractivity contribution is 5.94. The second-order valence-electron chi connectivity index (χ2n) is 7.69. The van der Waals surface area contributed by atoms with Crippen LogP contribution in [0.3, 0.4) is 0 Å². The Morgan fingerprint density at radius 2 is 1.89 bits per heavy atom. The van der Waals surface area contributed by atoms with Crippen molar-refractivity contribution in [3.05, 3.63) is 65.2 Å². The first-order chi connectivity index (χ1) is 13.2. The van der Waals surface area contributed by atoms with E-state index in [2.05, 4.69) is 30.4 Å². The van der Waals surface area contributed by atoms with E-state index in [1.54, 1.807) is 0 Å². The third-order valence-corrected chi connectivity index (χ3v) is 5.78. The van der Waals surface area contributed by atoms with Crippen LogP contribution in [-0.2, 0) is 0 Å². The Hall–Kier alpha value is -2.33. The Kier molecular flexibility index (Phi) is 5.44. The normalized spacial score (nSPS) is 20.6. The molecular weight excluding hydrogens is 336 g/mol. The van der Waals surface area contributed by atoms with Crippen molar-refractivity contribution >= 4 is 5.91 Å². The molecule has 27 heavy (non-hydrogen) atoms. The molecule has 2 aromatic rings. The van der Waals surface area contributed by atoms with Gasteiger partial charge in [-0.3, -0.25) is 4.79 Å². The highest BCUT2D eigenvalue weighted by Gasteiger charge is 2.26. The second-order valence-corrected chi connectivity index (χ2v) is 7.69. The third-order valence-electron chi connectivity index (χ3n) is 5.78. The number of nitrogens with zero attached hydrogens (tertiary/aromatic N) is 1. The number of piperidine rings is 1. The number of ether oxygens (including phenoxy) is 1. The molecule has 1 atom stereocenters. The smallest absolute Gasteiger partial charge is 0.253 e. The Labute approximate surface area is 161 Å². The van der Waals surface area contributed by atoms with Crippen LogP contribution < -0.4 is 10.1 Å². The summed E-state index contributed by atoms with van der Waals surface area (Å²) in [5, 5.41) is 3.40. The fraction of sp³-hybridized carbons (Fsp3) is 0.435. The Morgan fingerprint density at radius 3 is 2.63 bits per heavy atom. The predicted molar refractivity (Wildman–Crippen MR) is 107 cm³/mol. The van der Waals surface area contributed by atoms with Crippen molar-refractivity contribution in [3.8, 4) is 5.75 Å². The van der Waals surface area contributed by atoms with Crippen LogP contribution in [0.25, 0.3) is 0 Å². The molecule has 2 aliphatic rings. The van der Waals surface area contributed by atoms with Crippen LogP contribution >= 0.6 is 0 Å². The van der Waals surface area contributed by atoms with E-state index in [0.717, 1.165) is 62.3 Å². The molecule has 4 rings (SSSR count). The molecule has 0 radical (unpaired) electrons. The molecule has 1 amide bonds. The fourth-order valence-electron chi connectivity index (χ4n) is 4.09. The van der Waals surface area contributed by atoms with E-state index in [4.69, 9.17) is 4.74 Å². The summed E-state index contributed by atoms with van der Waals surface area (Å²) in [7, 11) is 0. The lowest BCUT2D eigenvalue weighted by Gasteiger charge is -2.32. The molecule has 2 aliphatic heterocycles. The zero-order valence-corrected chi connectivity index (χ0v) is 16.0. The first kappa shape index (κ1) is 18.1. The predicted octanol–water partition coefficient (Wildman–Crippen LogP) is 3.76. The van der Waals surface area contributed by atoms with Crippen LogP contribution in [0.15, 0.2) is 48.5 Å². The van der Waals surface area contributed by atoms with Gasteiger partial charge >= 0.3 is 0 Å². The van der Waals surface area contributed by atoms with Gasteiger partial charge < -0.3 is 15.0 Å². The summed E-state index contributed by atoms with van der Waals surface area (Å²) in [6.07, 6.45) is 3.10. The minimum absolute atomic E-state index is 0.150. The second kappa shape index (κ2) is 8.13. The number of rotatable bonds is 4. The lowest BCUT2D eigenvalue weighted by molar-refractivity contribution is 0.0594. The van der Waals surface area contributed by atoms with Crippen LogP contribution in [0.4, 0.5) is 0 Å². The van der Waals surface area contributed by atoms with Crippen molar-refractivity contribution in [3.63, 3.8) is 0 Å². The molecule has 0 bridgehead atoms. The molecule has 4 heteroatoms. The van der Waals surface area contributed by atoms with Crippen LogP contribution in [0.1, 0.15) is 46.7 Å². The molecule has 0 aromatic heterocycles. The lowest BCUT2D eigenvalue weighted by atomic mass is 9.96. The van der Waals surface area contributed by atoms with E-state index in [0.29, 0.717) is 5.92 Å². The molecular formula is C23H28N2O2. The average molecular weight is 364 g/mol. The molecule has 0 spiro atoms. The SMILES string of the molecule is Cc1ccccc1OC1CCN(C(=O)c2cccc(C3CCNC3)c2)CC1. The van der Waals surface area contributed by atoms with Crippen LogP contribution in [0.2, 0.25) is 0 Å². The van der Waals surface area contributed by atoms with Crippen molar-refractivity contribution in [2.75, 3.05) is 26.2 Å². The highest BCUT2D eigenvalue weighted by atomic mass is 16.5. The maximum Gasteiger partial charge on any atom is 0.253 e. The third kappa shape index (κ3) is 4.16. The summed E-state index contributed by atoms with van der Waals surface area (Å²) in [5.41, 5.74) is 3.26. The standard InChI is InChI=1S/C23H28N2O2/c1-17-5-2-3-8-22(17)27-21-10-13-25(14-11-21)23(26)19-7-4-6-18(15-19)20-9-12-24-16-20/h2-8,15,20-21,24H,9-14,16H2,1H3. The molecule has 2 heterocycles. The van der Waals surface area contributed by atoms with Crippen LogP contribution in [0, 0.1) is 6.92 Å². The number of carbonyl (C=O) groups is 1. The van der Waals surface area contributed by atoms with Crippen LogP contribution in [-0.4, -0.2) is 43.1 Å². The van der Waals surface area contributed by atoms with Gasteiger partial charge in [-0.15, -0.1) is 0 Å². The molecule has 1 N–H and O–H groups in total. The summed E-state index contributed by atoms with van der Waals surface area (Å²) in [6.45, 7) is 5.66. The summed E-state index contributed by atoms with van der Waals surface area (Å²) in [4.78, 5) is 14.9. The van der Waals surface area contributed by atoms with Crippen molar-refractivity contribution in [2.45, 2.75) is 38.2 Å². The largest absolute Gasteiger partial charge is 0.490 e. The van der Waals surface area contributed by atoms with E-state index in [9.17, 15) is 4.79 Å². The van der Waals surface area contributed by atoms with Gasteiger partial charge in [-0.05, 0) is 55.1 Å². The van der Waals surface area contributed by atoms with Crippen molar-refractivity contribution in [1.82, 2.24) is 10.2 Å². The molecule has 2 fully saturated rings. The first-order valence-corrected chi connectivity index (χ1v) is 10.0. The Morgan fingerprint density at radius 1 is 1.07 bits per heavy atom. The van der Waals surface area contributed by atoms with E-state index in [1.165, 1.54) is 5.56 Å². The zero-order valence-electron chi connectivity index (χ0n) is 16.0. The number of nitrogens with one attached hydrogen (secondary N) is 1. The number of hydrogen-bond donors (Lipinski definition) is 1. The van der Waals surface area contributed by atoms with E-state index in [-0.39, 0.29) is 12.0 Å². The quantitative estimate of drug-likeness (QED) is 0.898. The summed E-state index contributed by atoms with van der Waals surface area (Å²) >= 11 is 0. The molecule has 2 saturated heterocycles. The molecule has 0 saturated carbocycles. The first-order valence-electron chi connectivity index (χ1n) is 10.0. The monoisotopic (exact) mass is 364 g/mol. The molecule has 1 unspecified atom stereocenters. The van der Waals surface area contributed by atoms with Crippen molar-refractivity contribution < 1.29 is 9.53 Å². The molecule has 2 aromatic carbocycles. The number of likely N-dealkylation sites (tertiary alicyclic amines) is 1. The number of carbonyl (C=O) groups excluding carboxylic acids is 1. The maximum atomic E-state index is 13.0. The number of aryl methyl sites for hydroxylation is 1. The zero-order chi connectivity index (χ0) is 18.6. The highest BCUT2D eigenvalue weighted by Crippen LogP contribution is 2.25. The number of hydrogen-bond acceptors (Lipinski definition) is 3. The van der Waals surface area contributed by atoms with E-state index < -0.39 is 0 Å². The van der Waals surface area contributed by atoms with Gasteiger partial charge in [0.2, 0.25) is 0 Å². The van der Waals surface area contributed by atoms with Crippen molar-refractivity contribution in [2.24, 2.45) is 0 Å². The molecule has 4 nitrogen and oxygen atoms in total. The minimum atomic E-state index is 0.150. The average Bonchev–Trinajstić information content (AvgIpc) is 3.25. The Bertz CT molecular complexity index is 790. The minimum Gasteiger partial charge on any atom is -0.490 e. The topological polar surface area (TPSA) is 41.6 Å². The van der Waals surface area contributed by atoms with Gasteiger partial charge in [0.15, 0.2) is 0 Å². The number of para-hydroxylation sites is 1. The number of benzene rings is 2. The summed E-state index contributed by atoms with van der Waals surface area (Å²) in [6, 6.07) is 16.3. The van der Waals surface area contributed by atoms with E-state index in [1.807, 2.05) is 35.2 Å². The van der Waals surface area contributed by atoms with E-state index >= 15 is 0 Å². The van der Waals surface area contributed by atoms with Gasteiger partial charge in [0.05, 0.1) is 0 Å². The van der Waals surface area contributed by atoms with Crippen LogP contribution in [0.5, 0.6) is 5.75 Å². The summed E-state index contributed by atoms with van der Waals surface area (Å²) < 4.78 is 6.16. The fourth-order valence-corrected chi connectivity index (χ4v) is 4.09. The van der Waals surface area contributed by atoms with Gasteiger partial charge in [0.1, 0.15) is 11.9 Å². The van der Waals surface area contributed by atoms with Gasteiger partial charge in [0, 0.05) is 38.0 Å². The van der Waals surface area contributed by atoms with Gasteiger partial charge in [-0.25, -0.2) is 0 Å². The molecule has 142 valence electrons. The summed E-state index contributed by atoms with van der Waals surface area (Å²) in [5.74, 6) is 1.64. The molecule has 0 aliphatic carbocycles. The maximum absolute atomic E-state index is 13.0.